The maximum atomic E-state index is 13.0. The summed E-state index contributed by atoms with van der Waals surface area (Å²) in [7, 11) is 1.72. The van der Waals surface area contributed by atoms with Gasteiger partial charge < -0.3 is 10.5 Å². The Morgan fingerprint density at radius 1 is 1.02 bits per heavy atom. The number of piperidine rings is 1. The Balaban J connectivity index is 0.00000462. The third-order valence-electron chi connectivity index (χ3n) is 8.04. The van der Waals surface area contributed by atoms with Crippen molar-refractivity contribution in [2.75, 3.05) is 0 Å². The number of imide groups is 1. The van der Waals surface area contributed by atoms with Crippen molar-refractivity contribution in [1.82, 2.24) is 14.5 Å². The molecule has 0 aliphatic carbocycles. The number of unbranched alkanes of at least 4 members (excludes halogenated alkanes) is 1. The van der Waals surface area contributed by atoms with Crippen LogP contribution in [0.15, 0.2) is 47.3 Å². The van der Waals surface area contributed by atoms with Gasteiger partial charge in [0.1, 0.15) is 6.04 Å². The average Bonchev–Trinajstić information content (AvgIpc) is 3.18. The van der Waals surface area contributed by atoms with E-state index >= 15 is 0 Å². The predicted octanol–water partition coefficient (Wildman–Crippen LogP) is 3.94. The molecule has 1 aromatic heterocycles. The number of amides is 3. The molecule has 1 aliphatic heterocycles. The van der Waals surface area contributed by atoms with Crippen LogP contribution in [0.1, 0.15) is 76.5 Å². The second-order valence-corrected chi connectivity index (χ2v) is 11.0. The second-order valence-electron chi connectivity index (χ2n) is 11.0. The van der Waals surface area contributed by atoms with Crippen LogP contribution in [0, 0.1) is 5.92 Å². The van der Waals surface area contributed by atoms with Gasteiger partial charge in [-0.05, 0) is 80.2 Å². The molecule has 0 bridgehead atoms. The summed E-state index contributed by atoms with van der Waals surface area (Å²) in [5.74, 6) is -0.722. The van der Waals surface area contributed by atoms with E-state index in [9.17, 15) is 19.2 Å². The SMILES string of the molecule is C[C@@H](CCC(N)=O)[C@@H](C)OCc1ccc(CCCCc2ccc3c(c2)n(C)c(=O)n3C2CCC(=O)NC2=O)cc1.[HH]. The summed E-state index contributed by atoms with van der Waals surface area (Å²) in [6.07, 6.45) is 5.66. The molecule has 2 heterocycles. The summed E-state index contributed by atoms with van der Waals surface area (Å²) in [5.41, 5.74) is 10.1. The molecule has 4 rings (SSSR count). The van der Waals surface area contributed by atoms with Gasteiger partial charge in [0.05, 0.1) is 23.7 Å². The Morgan fingerprint density at radius 3 is 2.35 bits per heavy atom. The van der Waals surface area contributed by atoms with Crippen LogP contribution in [0.25, 0.3) is 11.0 Å². The summed E-state index contributed by atoms with van der Waals surface area (Å²) in [6.45, 7) is 4.65. The summed E-state index contributed by atoms with van der Waals surface area (Å²) in [4.78, 5) is 47.9. The van der Waals surface area contributed by atoms with E-state index in [1.54, 1.807) is 11.6 Å². The van der Waals surface area contributed by atoms with Gasteiger partial charge in [0, 0.05) is 21.3 Å². The number of hydrogen-bond acceptors (Lipinski definition) is 5. The number of carbonyl (C=O) groups is 3. The largest absolute Gasteiger partial charge is 0.374 e. The van der Waals surface area contributed by atoms with Crippen molar-refractivity contribution in [3.05, 3.63) is 69.6 Å². The summed E-state index contributed by atoms with van der Waals surface area (Å²) in [5, 5.41) is 2.35. The van der Waals surface area contributed by atoms with Gasteiger partial charge in [-0.2, -0.15) is 0 Å². The quantitative estimate of drug-likeness (QED) is 0.246. The number of nitrogens with one attached hydrogen (secondary N) is 1. The molecule has 1 aliphatic rings. The van der Waals surface area contributed by atoms with E-state index in [-0.39, 0.29) is 37.4 Å². The number of aryl methyl sites for hydroxylation is 3. The van der Waals surface area contributed by atoms with E-state index in [1.807, 2.05) is 25.1 Å². The van der Waals surface area contributed by atoms with Crippen LogP contribution in [0.5, 0.6) is 0 Å². The first kappa shape index (κ1) is 29.3. The molecule has 9 nitrogen and oxygen atoms in total. The zero-order chi connectivity index (χ0) is 28.8. The molecule has 2 aromatic carbocycles. The van der Waals surface area contributed by atoms with E-state index < -0.39 is 11.9 Å². The van der Waals surface area contributed by atoms with Gasteiger partial charge in [0.2, 0.25) is 17.7 Å². The third kappa shape index (κ3) is 7.07. The van der Waals surface area contributed by atoms with Crippen molar-refractivity contribution in [2.24, 2.45) is 18.7 Å². The Morgan fingerprint density at radius 2 is 1.68 bits per heavy atom. The minimum absolute atomic E-state index is 0. The Labute approximate surface area is 236 Å². The topological polar surface area (TPSA) is 125 Å². The van der Waals surface area contributed by atoms with Crippen LogP contribution >= 0.6 is 0 Å². The fourth-order valence-electron chi connectivity index (χ4n) is 5.25. The van der Waals surface area contributed by atoms with E-state index in [2.05, 4.69) is 36.5 Å². The number of nitrogens with two attached hydrogens (primary N) is 1. The molecule has 1 saturated heterocycles. The molecular weight excluding hydrogens is 508 g/mol. The van der Waals surface area contributed by atoms with Crippen LogP contribution in [0.4, 0.5) is 0 Å². The van der Waals surface area contributed by atoms with Gasteiger partial charge in [0.25, 0.3) is 0 Å². The molecule has 9 heteroatoms. The first-order valence-corrected chi connectivity index (χ1v) is 14.1. The third-order valence-corrected chi connectivity index (χ3v) is 8.04. The van der Waals surface area contributed by atoms with Crippen molar-refractivity contribution < 1.29 is 20.5 Å². The molecule has 0 spiro atoms. The number of hydrogen-bond donors (Lipinski definition) is 2. The Hall–Kier alpha value is -3.72. The van der Waals surface area contributed by atoms with Crippen molar-refractivity contribution >= 4 is 28.8 Å². The van der Waals surface area contributed by atoms with E-state index in [0.717, 1.165) is 48.7 Å². The second kappa shape index (κ2) is 13.1. The van der Waals surface area contributed by atoms with Gasteiger partial charge >= 0.3 is 5.69 Å². The fourth-order valence-corrected chi connectivity index (χ4v) is 5.25. The highest BCUT2D eigenvalue weighted by atomic mass is 16.5. The number of primary amides is 1. The normalized spacial score (nSPS) is 17.1. The monoisotopic (exact) mass is 550 g/mol. The number of aromatic nitrogens is 2. The minimum Gasteiger partial charge on any atom is -0.374 e. The molecule has 1 unspecified atom stereocenters. The van der Waals surface area contributed by atoms with Crippen LogP contribution < -0.4 is 16.7 Å². The molecular formula is C31H42N4O5. The lowest BCUT2D eigenvalue weighted by molar-refractivity contribution is -0.135. The highest BCUT2D eigenvalue weighted by Gasteiger charge is 2.31. The van der Waals surface area contributed by atoms with Crippen molar-refractivity contribution in [3.63, 3.8) is 0 Å². The van der Waals surface area contributed by atoms with Gasteiger partial charge in [-0.15, -0.1) is 0 Å². The van der Waals surface area contributed by atoms with Crippen molar-refractivity contribution in [1.29, 1.82) is 0 Å². The van der Waals surface area contributed by atoms with Gasteiger partial charge in [-0.25, -0.2) is 4.79 Å². The van der Waals surface area contributed by atoms with Gasteiger partial charge in [0.15, 0.2) is 0 Å². The maximum Gasteiger partial charge on any atom is 0.329 e. The lowest BCUT2D eigenvalue weighted by Crippen LogP contribution is -2.44. The van der Waals surface area contributed by atoms with Gasteiger partial charge in [-0.3, -0.25) is 28.8 Å². The molecule has 3 N–H and O–H groups in total. The highest BCUT2D eigenvalue weighted by Crippen LogP contribution is 2.24. The van der Waals surface area contributed by atoms with E-state index in [0.29, 0.717) is 25.0 Å². The smallest absolute Gasteiger partial charge is 0.329 e. The first-order chi connectivity index (χ1) is 19.1. The van der Waals surface area contributed by atoms with Crippen LogP contribution in [-0.4, -0.2) is 33.0 Å². The molecule has 1 fully saturated rings. The Bertz CT molecular complexity index is 1430. The van der Waals surface area contributed by atoms with Crippen LogP contribution in [0.2, 0.25) is 0 Å². The number of rotatable bonds is 13. The van der Waals surface area contributed by atoms with E-state index in [1.165, 1.54) is 10.1 Å². The maximum absolute atomic E-state index is 13.0. The molecule has 0 saturated carbocycles. The van der Waals surface area contributed by atoms with Crippen molar-refractivity contribution in [2.45, 2.75) is 84.0 Å². The lowest BCUT2D eigenvalue weighted by Gasteiger charge is -2.21. The van der Waals surface area contributed by atoms with Crippen molar-refractivity contribution in [3.8, 4) is 0 Å². The number of carbonyl (C=O) groups excluding carboxylic acids is 3. The minimum atomic E-state index is -0.669. The zero-order valence-corrected chi connectivity index (χ0v) is 23.7. The molecule has 3 amide bonds. The number of ether oxygens (including phenoxy) is 1. The summed E-state index contributed by atoms with van der Waals surface area (Å²) < 4.78 is 9.09. The molecule has 40 heavy (non-hydrogen) atoms. The number of benzene rings is 2. The lowest BCUT2D eigenvalue weighted by atomic mass is 10.00. The van der Waals surface area contributed by atoms with Crippen LogP contribution in [-0.2, 0) is 45.6 Å². The highest BCUT2D eigenvalue weighted by molar-refractivity contribution is 6.00. The molecule has 3 atom stereocenters. The molecule has 216 valence electrons. The predicted molar refractivity (Wildman–Crippen MR) is 156 cm³/mol. The zero-order valence-electron chi connectivity index (χ0n) is 23.7. The molecule has 3 aromatic rings. The standard InChI is InChI=1S/C31H40N4O5.H2/c1-20(8-16-28(32)36)21(2)40-19-24-11-9-22(10-12-24)6-4-5-7-23-13-14-25-27(18-23)34(3)31(39)35(25)26-15-17-29(37)33-30(26)38;/h9-14,18,20-21,26H,4-8,15-17,19H2,1-3H3,(H2,32,36)(H,33,37,38);1H/t20-,21+,26?;/m0./s1. The fraction of sp³-hybridized carbons (Fsp3) is 0.484. The number of imidazole rings is 1. The Kier molecular flexibility index (Phi) is 9.58. The van der Waals surface area contributed by atoms with Gasteiger partial charge in [-0.1, -0.05) is 37.3 Å². The number of fused-ring (bicyclic) bond motifs is 1. The van der Waals surface area contributed by atoms with Crippen LogP contribution in [0.3, 0.4) is 0 Å². The number of nitrogens with zero attached hydrogens (tertiary/aromatic N) is 2. The average molecular weight is 551 g/mol. The molecule has 0 radical (unpaired) electrons. The summed E-state index contributed by atoms with van der Waals surface area (Å²) >= 11 is 0. The first-order valence-electron chi connectivity index (χ1n) is 14.1. The van der Waals surface area contributed by atoms with E-state index in [4.69, 9.17) is 10.5 Å². The summed E-state index contributed by atoms with van der Waals surface area (Å²) in [6, 6.07) is 13.8.